The van der Waals surface area contributed by atoms with Gasteiger partial charge in [-0.3, -0.25) is 4.79 Å². The lowest BCUT2D eigenvalue weighted by molar-refractivity contribution is -0.126. The van der Waals surface area contributed by atoms with Crippen molar-refractivity contribution in [3.63, 3.8) is 0 Å². The number of rotatable bonds is 0. The minimum Gasteiger partial charge on any atom is -0.399 e. The summed E-state index contributed by atoms with van der Waals surface area (Å²) in [6, 6.07) is 5.74. The third-order valence-corrected chi connectivity index (χ3v) is 2.81. The van der Waals surface area contributed by atoms with E-state index in [1.54, 1.807) is 0 Å². The summed E-state index contributed by atoms with van der Waals surface area (Å²) < 4.78 is 0. The van der Waals surface area contributed by atoms with E-state index in [1.165, 1.54) is 0 Å². The predicted molar refractivity (Wildman–Crippen MR) is 55.7 cm³/mol. The van der Waals surface area contributed by atoms with E-state index in [0.717, 1.165) is 11.1 Å². The standard InChI is InChI=1S/C11H14N2O/c1-11(2)9-5-8(12)4-3-7(9)6-13-10(11)14/h3-5H,6,12H2,1-2H3,(H,13,14). The molecule has 1 heterocycles. The molecule has 0 atom stereocenters. The topological polar surface area (TPSA) is 55.1 Å². The first-order valence-corrected chi connectivity index (χ1v) is 4.69. The molecule has 0 aromatic heterocycles. The molecule has 3 nitrogen and oxygen atoms in total. The van der Waals surface area contributed by atoms with E-state index in [9.17, 15) is 4.79 Å². The Morgan fingerprint density at radius 1 is 1.43 bits per heavy atom. The van der Waals surface area contributed by atoms with Gasteiger partial charge in [-0.25, -0.2) is 0 Å². The SMILES string of the molecule is CC1(C)C(=O)NCc2ccc(N)cc21. The van der Waals surface area contributed by atoms with Crippen molar-refractivity contribution in [2.45, 2.75) is 25.8 Å². The fourth-order valence-corrected chi connectivity index (χ4v) is 1.85. The van der Waals surface area contributed by atoms with Crippen molar-refractivity contribution < 1.29 is 4.79 Å². The minimum atomic E-state index is -0.469. The Balaban J connectivity index is 2.61. The Hall–Kier alpha value is -1.51. The van der Waals surface area contributed by atoms with Gasteiger partial charge < -0.3 is 11.1 Å². The molecule has 0 bridgehead atoms. The number of nitrogens with two attached hydrogens (primary N) is 1. The van der Waals surface area contributed by atoms with Gasteiger partial charge >= 0.3 is 0 Å². The number of fused-ring (bicyclic) bond motifs is 1. The van der Waals surface area contributed by atoms with Crippen LogP contribution in [0.2, 0.25) is 0 Å². The third kappa shape index (κ3) is 1.16. The van der Waals surface area contributed by atoms with Crippen molar-refractivity contribution >= 4 is 11.6 Å². The van der Waals surface area contributed by atoms with Gasteiger partial charge in [-0.1, -0.05) is 6.07 Å². The second-order valence-corrected chi connectivity index (χ2v) is 4.22. The molecule has 1 aliphatic heterocycles. The van der Waals surface area contributed by atoms with Crippen LogP contribution in [0.25, 0.3) is 0 Å². The number of benzene rings is 1. The van der Waals surface area contributed by atoms with Crippen LogP contribution in [-0.4, -0.2) is 5.91 Å². The fourth-order valence-electron chi connectivity index (χ4n) is 1.85. The van der Waals surface area contributed by atoms with Crippen LogP contribution in [0.1, 0.15) is 25.0 Å². The van der Waals surface area contributed by atoms with Crippen molar-refractivity contribution in [2.75, 3.05) is 5.73 Å². The number of carbonyl (C=O) groups excluding carboxylic acids is 1. The van der Waals surface area contributed by atoms with Crippen molar-refractivity contribution in [3.05, 3.63) is 29.3 Å². The third-order valence-electron chi connectivity index (χ3n) is 2.81. The number of anilines is 1. The summed E-state index contributed by atoms with van der Waals surface area (Å²) in [5, 5.41) is 2.87. The second kappa shape index (κ2) is 2.74. The van der Waals surface area contributed by atoms with Crippen LogP contribution in [0.3, 0.4) is 0 Å². The van der Waals surface area contributed by atoms with Crippen LogP contribution >= 0.6 is 0 Å². The number of nitrogen functional groups attached to an aromatic ring is 1. The molecular weight excluding hydrogens is 176 g/mol. The maximum Gasteiger partial charge on any atom is 0.230 e. The zero-order valence-electron chi connectivity index (χ0n) is 8.42. The van der Waals surface area contributed by atoms with E-state index >= 15 is 0 Å². The Morgan fingerprint density at radius 2 is 2.14 bits per heavy atom. The molecule has 0 aliphatic carbocycles. The van der Waals surface area contributed by atoms with Crippen molar-refractivity contribution in [3.8, 4) is 0 Å². The summed E-state index contributed by atoms with van der Waals surface area (Å²) in [5.41, 5.74) is 8.16. The van der Waals surface area contributed by atoms with Crippen LogP contribution in [0.5, 0.6) is 0 Å². The molecule has 1 aromatic carbocycles. The first-order chi connectivity index (χ1) is 6.51. The lowest BCUT2D eigenvalue weighted by Gasteiger charge is -2.31. The van der Waals surface area contributed by atoms with E-state index in [0.29, 0.717) is 12.2 Å². The number of nitrogens with one attached hydrogen (secondary N) is 1. The van der Waals surface area contributed by atoms with Gasteiger partial charge in [-0.2, -0.15) is 0 Å². The van der Waals surface area contributed by atoms with E-state index in [1.807, 2.05) is 32.0 Å². The highest BCUT2D eigenvalue weighted by Crippen LogP contribution is 2.31. The summed E-state index contributed by atoms with van der Waals surface area (Å²) in [6.07, 6.45) is 0. The molecular formula is C11H14N2O. The Bertz CT molecular complexity index is 396. The van der Waals surface area contributed by atoms with Crippen LogP contribution < -0.4 is 11.1 Å². The molecule has 0 fully saturated rings. The Morgan fingerprint density at radius 3 is 2.86 bits per heavy atom. The van der Waals surface area contributed by atoms with Gasteiger partial charge in [-0.15, -0.1) is 0 Å². The molecule has 3 heteroatoms. The monoisotopic (exact) mass is 190 g/mol. The maximum absolute atomic E-state index is 11.6. The van der Waals surface area contributed by atoms with Crippen LogP contribution in [0.15, 0.2) is 18.2 Å². The van der Waals surface area contributed by atoms with Crippen LogP contribution in [0.4, 0.5) is 5.69 Å². The number of hydrogen-bond acceptors (Lipinski definition) is 2. The molecule has 14 heavy (non-hydrogen) atoms. The molecule has 1 aliphatic rings. The van der Waals surface area contributed by atoms with Gasteiger partial charge in [-0.05, 0) is 37.1 Å². The zero-order valence-corrected chi connectivity index (χ0v) is 8.42. The average Bonchev–Trinajstić information content (AvgIpc) is 2.13. The first kappa shape index (κ1) is 9.06. The second-order valence-electron chi connectivity index (χ2n) is 4.22. The molecule has 74 valence electrons. The molecule has 0 spiro atoms. The van der Waals surface area contributed by atoms with E-state index in [2.05, 4.69) is 5.32 Å². The van der Waals surface area contributed by atoms with Gasteiger partial charge in [0.25, 0.3) is 0 Å². The zero-order chi connectivity index (χ0) is 10.3. The van der Waals surface area contributed by atoms with E-state index in [-0.39, 0.29) is 5.91 Å². The maximum atomic E-state index is 11.6. The van der Waals surface area contributed by atoms with Crippen LogP contribution in [0, 0.1) is 0 Å². The van der Waals surface area contributed by atoms with E-state index < -0.39 is 5.41 Å². The van der Waals surface area contributed by atoms with E-state index in [4.69, 9.17) is 5.73 Å². The van der Waals surface area contributed by atoms with Gasteiger partial charge in [0, 0.05) is 12.2 Å². The van der Waals surface area contributed by atoms with Crippen LogP contribution in [-0.2, 0) is 16.8 Å². The summed E-state index contributed by atoms with van der Waals surface area (Å²) >= 11 is 0. The van der Waals surface area contributed by atoms with Gasteiger partial charge in [0.05, 0.1) is 5.41 Å². The van der Waals surface area contributed by atoms with Crippen molar-refractivity contribution in [2.24, 2.45) is 0 Å². The van der Waals surface area contributed by atoms with Gasteiger partial charge in [0.15, 0.2) is 0 Å². The first-order valence-electron chi connectivity index (χ1n) is 4.69. The quantitative estimate of drug-likeness (QED) is 0.603. The number of carbonyl (C=O) groups is 1. The summed E-state index contributed by atoms with van der Waals surface area (Å²) in [6.45, 7) is 4.44. The molecule has 0 radical (unpaired) electrons. The smallest absolute Gasteiger partial charge is 0.230 e. The Labute approximate surface area is 83.3 Å². The molecule has 3 N–H and O–H groups in total. The van der Waals surface area contributed by atoms with Gasteiger partial charge in [0.2, 0.25) is 5.91 Å². The van der Waals surface area contributed by atoms with Crippen molar-refractivity contribution in [1.29, 1.82) is 0 Å². The molecule has 2 rings (SSSR count). The highest BCUT2D eigenvalue weighted by atomic mass is 16.2. The predicted octanol–water partition coefficient (Wildman–Crippen LogP) is 1.18. The lowest BCUT2D eigenvalue weighted by Crippen LogP contribution is -2.44. The summed E-state index contributed by atoms with van der Waals surface area (Å²) in [5.74, 6) is 0.0654. The summed E-state index contributed by atoms with van der Waals surface area (Å²) in [7, 11) is 0. The Kier molecular flexibility index (Phi) is 1.77. The lowest BCUT2D eigenvalue weighted by atomic mass is 9.78. The molecule has 0 unspecified atom stereocenters. The number of amides is 1. The minimum absolute atomic E-state index is 0.0654. The highest BCUT2D eigenvalue weighted by molar-refractivity contribution is 5.89. The molecule has 0 saturated carbocycles. The number of hydrogen-bond donors (Lipinski definition) is 2. The highest BCUT2D eigenvalue weighted by Gasteiger charge is 2.35. The fraction of sp³-hybridized carbons (Fsp3) is 0.364. The molecule has 0 saturated heterocycles. The van der Waals surface area contributed by atoms with Gasteiger partial charge in [0.1, 0.15) is 0 Å². The summed E-state index contributed by atoms with van der Waals surface area (Å²) in [4.78, 5) is 11.6. The normalized spacial score (nSPS) is 18.6. The van der Waals surface area contributed by atoms with Crippen molar-refractivity contribution in [1.82, 2.24) is 5.32 Å². The largest absolute Gasteiger partial charge is 0.399 e. The molecule has 1 amide bonds. The molecule has 1 aromatic rings. The average molecular weight is 190 g/mol.